The highest BCUT2D eigenvalue weighted by Gasteiger charge is 2.55. The summed E-state index contributed by atoms with van der Waals surface area (Å²) in [7, 11) is 0. The maximum absolute atomic E-state index is 15.0. The number of aliphatic hydroxyl groups excluding tert-OH is 2. The minimum Gasteiger partial charge on any atom is -0.396 e. The van der Waals surface area contributed by atoms with Gasteiger partial charge < -0.3 is 15.5 Å². The standard InChI is InChI=1S/C25H24F3N3O3S/c1-25(24(34)29-14-18(33)10-11-32)22(21-3-2-12-35-21)23(15-4-6-16(26)7-5-15)30-31(25)20-9-8-17(27)13-19(20)28/h2-9,12-13,18,22,32-33H,10-11,14H2,1H3,(H,29,34). The molecule has 3 N–H and O–H groups in total. The van der Waals surface area contributed by atoms with Gasteiger partial charge in [-0.05, 0) is 54.6 Å². The van der Waals surface area contributed by atoms with Crippen LogP contribution in [0.2, 0.25) is 0 Å². The van der Waals surface area contributed by atoms with Gasteiger partial charge >= 0.3 is 0 Å². The van der Waals surface area contributed by atoms with E-state index in [1.165, 1.54) is 46.7 Å². The summed E-state index contributed by atoms with van der Waals surface area (Å²) in [4.78, 5) is 14.5. The van der Waals surface area contributed by atoms with Crippen LogP contribution in [-0.2, 0) is 4.79 Å². The Bertz CT molecular complexity index is 1220. The summed E-state index contributed by atoms with van der Waals surface area (Å²) in [6.45, 7) is 1.20. The molecular formula is C25H24F3N3O3S. The minimum absolute atomic E-state index is 0.0684. The Morgan fingerprint density at radius 1 is 1.17 bits per heavy atom. The van der Waals surface area contributed by atoms with Crippen molar-refractivity contribution in [1.29, 1.82) is 0 Å². The first-order valence-corrected chi connectivity index (χ1v) is 11.8. The van der Waals surface area contributed by atoms with Gasteiger partial charge in [-0.25, -0.2) is 18.2 Å². The SMILES string of the molecule is CC1(C(=O)NCC(O)CCO)C(c2cccs2)C(c2ccc(F)cc2)=NN1c1ccc(F)cc1F. The zero-order valence-corrected chi connectivity index (χ0v) is 19.6. The Balaban J connectivity index is 1.86. The number of nitrogens with one attached hydrogen (secondary N) is 1. The van der Waals surface area contributed by atoms with Crippen LogP contribution in [0.3, 0.4) is 0 Å². The minimum atomic E-state index is -1.54. The predicted molar refractivity (Wildman–Crippen MR) is 128 cm³/mol. The molecular weight excluding hydrogens is 479 g/mol. The molecule has 0 saturated heterocycles. The van der Waals surface area contributed by atoms with Crippen LogP contribution >= 0.6 is 11.3 Å². The van der Waals surface area contributed by atoms with Gasteiger partial charge in [-0.3, -0.25) is 4.79 Å². The molecule has 3 atom stereocenters. The molecule has 1 aliphatic heterocycles. The number of carbonyl (C=O) groups is 1. The number of aliphatic hydroxyl groups is 2. The van der Waals surface area contributed by atoms with Crippen molar-refractivity contribution < 1.29 is 28.2 Å². The molecule has 4 rings (SSSR count). The number of halogens is 3. The zero-order valence-electron chi connectivity index (χ0n) is 18.8. The van der Waals surface area contributed by atoms with E-state index in [0.717, 1.165) is 10.9 Å². The molecule has 0 bridgehead atoms. The molecule has 3 unspecified atom stereocenters. The highest BCUT2D eigenvalue weighted by atomic mass is 32.1. The van der Waals surface area contributed by atoms with Crippen LogP contribution in [0.4, 0.5) is 18.9 Å². The topological polar surface area (TPSA) is 85.2 Å². The quantitative estimate of drug-likeness (QED) is 0.437. The molecule has 0 radical (unpaired) electrons. The predicted octanol–water partition coefficient (Wildman–Crippen LogP) is 3.79. The van der Waals surface area contributed by atoms with E-state index in [1.54, 1.807) is 6.92 Å². The highest BCUT2D eigenvalue weighted by Crippen LogP contribution is 2.46. The number of rotatable bonds is 8. The molecule has 184 valence electrons. The van der Waals surface area contributed by atoms with E-state index in [-0.39, 0.29) is 25.3 Å². The third-order valence-electron chi connectivity index (χ3n) is 6.01. The molecule has 3 aromatic rings. The third-order valence-corrected chi connectivity index (χ3v) is 6.95. The molecule has 35 heavy (non-hydrogen) atoms. The summed E-state index contributed by atoms with van der Waals surface area (Å²) in [6, 6.07) is 12.2. The zero-order chi connectivity index (χ0) is 25.2. The largest absolute Gasteiger partial charge is 0.396 e. The summed E-state index contributed by atoms with van der Waals surface area (Å²) in [6.07, 6.45) is -0.915. The van der Waals surface area contributed by atoms with Crippen LogP contribution in [0.1, 0.15) is 29.7 Å². The molecule has 10 heteroatoms. The summed E-state index contributed by atoms with van der Waals surface area (Å²) in [5.74, 6) is -3.38. The monoisotopic (exact) mass is 503 g/mol. The van der Waals surface area contributed by atoms with Gasteiger partial charge in [-0.1, -0.05) is 18.2 Å². The number of carbonyl (C=O) groups excluding carboxylic acids is 1. The number of benzene rings is 2. The van der Waals surface area contributed by atoms with Gasteiger partial charge in [0.1, 0.15) is 11.6 Å². The van der Waals surface area contributed by atoms with Gasteiger partial charge in [0, 0.05) is 24.1 Å². The molecule has 1 aliphatic rings. The van der Waals surface area contributed by atoms with Gasteiger partial charge in [0.2, 0.25) is 5.91 Å². The Labute approximate surface area is 204 Å². The van der Waals surface area contributed by atoms with Crippen LogP contribution in [-0.4, -0.2) is 46.6 Å². The molecule has 1 amide bonds. The van der Waals surface area contributed by atoms with E-state index in [4.69, 9.17) is 5.11 Å². The van der Waals surface area contributed by atoms with Gasteiger partial charge in [0.25, 0.3) is 0 Å². The Morgan fingerprint density at radius 2 is 1.89 bits per heavy atom. The van der Waals surface area contributed by atoms with Gasteiger partial charge in [0.15, 0.2) is 11.4 Å². The molecule has 0 saturated carbocycles. The second-order valence-electron chi connectivity index (χ2n) is 8.37. The van der Waals surface area contributed by atoms with Gasteiger partial charge in [-0.15, -0.1) is 11.3 Å². The van der Waals surface area contributed by atoms with Crippen molar-refractivity contribution >= 4 is 28.6 Å². The Hall–Kier alpha value is -3.21. The molecule has 1 aromatic heterocycles. The number of hydrazone groups is 1. The summed E-state index contributed by atoms with van der Waals surface area (Å²) in [5.41, 5.74) is -0.705. The van der Waals surface area contributed by atoms with Crippen LogP contribution in [0.15, 0.2) is 65.1 Å². The van der Waals surface area contributed by atoms with Crippen LogP contribution in [0.25, 0.3) is 0 Å². The smallest absolute Gasteiger partial charge is 0.248 e. The first-order chi connectivity index (χ1) is 16.8. The van der Waals surface area contributed by atoms with Crippen LogP contribution in [0.5, 0.6) is 0 Å². The average molecular weight is 504 g/mol. The highest BCUT2D eigenvalue weighted by molar-refractivity contribution is 7.10. The lowest BCUT2D eigenvalue weighted by atomic mass is 9.78. The van der Waals surface area contributed by atoms with Crippen LogP contribution in [0, 0.1) is 17.5 Å². The molecule has 0 aliphatic carbocycles. The number of thiophene rings is 1. The molecule has 2 heterocycles. The van der Waals surface area contributed by atoms with Crippen molar-refractivity contribution in [1.82, 2.24) is 5.32 Å². The molecule has 6 nitrogen and oxygen atoms in total. The van der Waals surface area contributed by atoms with Crippen molar-refractivity contribution in [2.45, 2.75) is 30.9 Å². The van der Waals surface area contributed by atoms with Crippen molar-refractivity contribution in [3.05, 3.63) is 87.9 Å². The fourth-order valence-electron chi connectivity index (χ4n) is 4.20. The normalized spacial score (nSPS) is 20.6. The lowest BCUT2D eigenvalue weighted by Gasteiger charge is -2.37. The number of hydrogen-bond acceptors (Lipinski definition) is 6. The summed E-state index contributed by atoms with van der Waals surface area (Å²) >= 11 is 1.38. The molecule has 0 fully saturated rings. The third kappa shape index (κ3) is 4.82. The maximum atomic E-state index is 15.0. The van der Waals surface area contributed by atoms with Crippen molar-refractivity contribution in [2.75, 3.05) is 18.2 Å². The number of anilines is 1. The van der Waals surface area contributed by atoms with Gasteiger partial charge in [-0.2, -0.15) is 5.10 Å². The summed E-state index contributed by atoms with van der Waals surface area (Å²) < 4.78 is 42.3. The average Bonchev–Trinajstić information content (AvgIpc) is 3.45. The van der Waals surface area contributed by atoms with Crippen molar-refractivity contribution in [2.24, 2.45) is 5.10 Å². The fourth-order valence-corrected chi connectivity index (χ4v) is 5.14. The number of amides is 1. The molecule has 2 aromatic carbocycles. The second kappa shape index (κ2) is 10.2. The lowest BCUT2D eigenvalue weighted by molar-refractivity contribution is -0.126. The van der Waals surface area contributed by atoms with E-state index >= 15 is 0 Å². The fraction of sp³-hybridized carbons (Fsp3) is 0.280. The van der Waals surface area contributed by atoms with Crippen LogP contribution < -0.4 is 10.3 Å². The van der Waals surface area contributed by atoms with Crippen molar-refractivity contribution in [3.63, 3.8) is 0 Å². The van der Waals surface area contributed by atoms with E-state index in [0.29, 0.717) is 17.3 Å². The van der Waals surface area contributed by atoms with Gasteiger partial charge in [0.05, 0.1) is 23.4 Å². The first kappa shape index (κ1) is 24.9. The maximum Gasteiger partial charge on any atom is 0.248 e. The van der Waals surface area contributed by atoms with Crippen molar-refractivity contribution in [3.8, 4) is 0 Å². The van der Waals surface area contributed by atoms with E-state index in [1.807, 2.05) is 17.5 Å². The summed E-state index contributed by atoms with van der Waals surface area (Å²) in [5, 5.41) is 29.5. The van der Waals surface area contributed by atoms with E-state index in [9.17, 15) is 23.1 Å². The molecule has 0 spiro atoms. The van der Waals surface area contributed by atoms with E-state index in [2.05, 4.69) is 10.4 Å². The Morgan fingerprint density at radius 3 is 2.51 bits per heavy atom. The Kier molecular flexibility index (Phi) is 7.25. The number of hydrogen-bond donors (Lipinski definition) is 3. The first-order valence-electron chi connectivity index (χ1n) is 11.0. The second-order valence-corrected chi connectivity index (χ2v) is 9.35. The van der Waals surface area contributed by atoms with E-state index < -0.39 is 40.9 Å². The lowest BCUT2D eigenvalue weighted by Crippen LogP contribution is -2.57. The number of nitrogens with zero attached hydrogens (tertiary/aromatic N) is 2.